The van der Waals surface area contributed by atoms with Gasteiger partial charge in [0.1, 0.15) is 11.5 Å². The van der Waals surface area contributed by atoms with E-state index in [1.54, 1.807) is 0 Å². The van der Waals surface area contributed by atoms with Gasteiger partial charge in [-0.3, -0.25) is 0 Å². The fourth-order valence-electron chi connectivity index (χ4n) is 4.03. The van der Waals surface area contributed by atoms with Crippen LogP contribution in [0.3, 0.4) is 0 Å². The van der Waals surface area contributed by atoms with Crippen molar-refractivity contribution in [2.75, 3.05) is 19.8 Å². The van der Waals surface area contributed by atoms with Crippen molar-refractivity contribution in [3.8, 4) is 11.5 Å². The Balaban J connectivity index is 2.00. The fraction of sp³-hybridized carbons (Fsp3) is 0.625. The van der Waals surface area contributed by atoms with E-state index in [0.29, 0.717) is 0 Å². The molecular formula is C16H21NO2. The largest absolute Gasteiger partial charge is 0.493 e. The van der Waals surface area contributed by atoms with Crippen LogP contribution in [0.2, 0.25) is 0 Å². The first-order chi connectivity index (χ1) is 9.21. The smallest absolute Gasteiger partial charge is 0.128 e. The lowest BCUT2D eigenvalue weighted by Gasteiger charge is -2.29. The van der Waals surface area contributed by atoms with Crippen molar-refractivity contribution in [2.24, 2.45) is 0 Å². The maximum atomic E-state index is 6.02. The second-order valence-corrected chi connectivity index (χ2v) is 6.17. The highest BCUT2D eigenvalue weighted by atomic mass is 16.5. The molecule has 0 spiro atoms. The van der Waals surface area contributed by atoms with Gasteiger partial charge < -0.3 is 14.8 Å². The molecule has 3 aliphatic heterocycles. The van der Waals surface area contributed by atoms with Crippen LogP contribution in [0.1, 0.15) is 42.0 Å². The molecule has 4 rings (SSSR count). The van der Waals surface area contributed by atoms with Gasteiger partial charge in [0.05, 0.1) is 13.2 Å². The van der Waals surface area contributed by atoms with Crippen LogP contribution in [-0.4, -0.2) is 19.8 Å². The highest BCUT2D eigenvalue weighted by molar-refractivity contribution is 5.63. The molecule has 1 aromatic carbocycles. The number of nitrogens with one attached hydrogen (secondary N) is 1. The van der Waals surface area contributed by atoms with Crippen LogP contribution in [0.25, 0.3) is 0 Å². The molecule has 0 aliphatic carbocycles. The zero-order valence-corrected chi connectivity index (χ0v) is 11.8. The minimum Gasteiger partial charge on any atom is -0.493 e. The monoisotopic (exact) mass is 259 g/mol. The molecule has 19 heavy (non-hydrogen) atoms. The summed E-state index contributed by atoms with van der Waals surface area (Å²) < 4.78 is 11.9. The Kier molecular flexibility index (Phi) is 2.37. The van der Waals surface area contributed by atoms with Gasteiger partial charge in [-0.2, -0.15) is 0 Å². The third kappa shape index (κ3) is 1.48. The minimum atomic E-state index is 0.0694. The summed E-state index contributed by atoms with van der Waals surface area (Å²) in [5.41, 5.74) is 5.56. The molecular weight excluding hydrogens is 238 g/mol. The standard InChI is InChI=1S/C16H21NO2/c1-10-11-4-8-19-15(11)13(12-5-9-18-14(10)12)16(2)6-3-7-17-16/h17H,3-9H2,1-2H3. The van der Waals surface area contributed by atoms with Crippen molar-refractivity contribution < 1.29 is 9.47 Å². The molecule has 1 atom stereocenters. The summed E-state index contributed by atoms with van der Waals surface area (Å²) in [4.78, 5) is 0. The lowest BCUT2D eigenvalue weighted by molar-refractivity contribution is 0.334. The average molecular weight is 259 g/mol. The van der Waals surface area contributed by atoms with Gasteiger partial charge in [-0.25, -0.2) is 0 Å². The van der Waals surface area contributed by atoms with E-state index >= 15 is 0 Å². The summed E-state index contributed by atoms with van der Waals surface area (Å²) in [6, 6.07) is 0. The third-order valence-corrected chi connectivity index (χ3v) is 4.99. The lowest BCUT2D eigenvalue weighted by atomic mass is 9.82. The zero-order chi connectivity index (χ0) is 13.0. The van der Waals surface area contributed by atoms with E-state index in [4.69, 9.17) is 9.47 Å². The Bertz CT molecular complexity index is 509. The molecule has 102 valence electrons. The topological polar surface area (TPSA) is 30.5 Å². The van der Waals surface area contributed by atoms with E-state index < -0.39 is 0 Å². The van der Waals surface area contributed by atoms with Crippen LogP contribution in [0.5, 0.6) is 11.5 Å². The Morgan fingerprint density at radius 2 is 1.79 bits per heavy atom. The molecule has 3 heteroatoms. The van der Waals surface area contributed by atoms with E-state index in [-0.39, 0.29) is 5.54 Å². The number of rotatable bonds is 1. The van der Waals surface area contributed by atoms with Crippen molar-refractivity contribution in [3.63, 3.8) is 0 Å². The molecule has 0 radical (unpaired) electrons. The van der Waals surface area contributed by atoms with Gasteiger partial charge in [-0.15, -0.1) is 0 Å². The molecule has 1 fully saturated rings. The van der Waals surface area contributed by atoms with Crippen LogP contribution in [-0.2, 0) is 18.4 Å². The van der Waals surface area contributed by atoms with Crippen LogP contribution >= 0.6 is 0 Å². The quantitative estimate of drug-likeness (QED) is 0.840. The summed E-state index contributed by atoms with van der Waals surface area (Å²) in [6.45, 7) is 7.26. The average Bonchev–Trinajstić information content (AvgIpc) is 3.09. The van der Waals surface area contributed by atoms with Crippen molar-refractivity contribution in [2.45, 2.75) is 45.1 Å². The molecule has 0 saturated carbocycles. The fourth-order valence-corrected chi connectivity index (χ4v) is 4.03. The first kappa shape index (κ1) is 11.6. The van der Waals surface area contributed by atoms with Gasteiger partial charge in [0.15, 0.2) is 0 Å². The van der Waals surface area contributed by atoms with Crippen LogP contribution in [0, 0.1) is 6.92 Å². The van der Waals surface area contributed by atoms with Crippen LogP contribution in [0.4, 0.5) is 0 Å². The molecule has 1 unspecified atom stereocenters. The molecule has 1 aromatic rings. The van der Waals surface area contributed by atoms with Gasteiger partial charge in [-0.05, 0) is 38.8 Å². The normalized spacial score (nSPS) is 27.9. The number of ether oxygens (including phenoxy) is 2. The van der Waals surface area contributed by atoms with Crippen molar-refractivity contribution in [3.05, 3.63) is 22.3 Å². The van der Waals surface area contributed by atoms with Gasteiger partial charge in [0.2, 0.25) is 0 Å². The molecule has 3 heterocycles. The predicted octanol–water partition coefficient (Wildman–Crippen LogP) is 2.46. The molecule has 0 bridgehead atoms. The Morgan fingerprint density at radius 1 is 1.05 bits per heavy atom. The van der Waals surface area contributed by atoms with E-state index in [0.717, 1.165) is 38.3 Å². The number of benzene rings is 1. The van der Waals surface area contributed by atoms with Crippen molar-refractivity contribution in [1.82, 2.24) is 5.32 Å². The lowest BCUT2D eigenvalue weighted by Crippen LogP contribution is -2.34. The predicted molar refractivity (Wildman–Crippen MR) is 74.2 cm³/mol. The second kappa shape index (κ2) is 3.89. The first-order valence-electron chi connectivity index (χ1n) is 7.40. The van der Waals surface area contributed by atoms with E-state index in [1.807, 2.05) is 0 Å². The number of hydrogen-bond acceptors (Lipinski definition) is 3. The molecule has 3 nitrogen and oxygen atoms in total. The zero-order valence-electron chi connectivity index (χ0n) is 11.8. The molecule has 1 saturated heterocycles. The summed E-state index contributed by atoms with van der Waals surface area (Å²) in [5, 5.41) is 3.69. The third-order valence-electron chi connectivity index (χ3n) is 4.99. The Hall–Kier alpha value is -1.22. The second-order valence-electron chi connectivity index (χ2n) is 6.17. The molecule has 0 aromatic heterocycles. The number of fused-ring (bicyclic) bond motifs is 2. The van der Waals surface area contributed by atoms with Crippen molar-refractivity contribution >= 4 is 0 Å². The maximum Gasteiger partial charge on any atom is 0.128 e. The van der Waals surface area contributed by atoms with Gasteiger partial charge in [-0.1, -0.05) is 0 Å². The molecule has 0 amide bonds. The van der Waals surface area contributed by atoms with Gasteiger partial charge >= 0.3 is 0 Å². The Labute approximate surface area is 114 Å². The van der Waals surface area contributed by atoms with E-state index in [2.05, 4.69) is 19.2 Å². The van der Waals surface area contributed by atoms with Crippen LogP contribution in [0.15, 0.2) is 0 Å². The van der Waals surface area contributed by atoms with E-state index in [9.17, 15) is 0 Å². The van der Waals surface area contributed by atoms with Crippen molar-refractivity contribution in [1.29, 1.82) is 0 Å². The molecule has 1 N–H and O–H groups in total. The van der Waals surface area contributed by atoms with Gasteiger partial charge in [0.25, 0.3) is 0 Å². The summed E-state index contributed by atoms with van der Waals surface area (Å²) in [6.07, 6.45) is 4.49. The summed E-state index contributed by atoms with van der Waals surface area (Å²) >= 11 is 0. The Morgan fingerprint density at radius 3 is 2.53 bits per heavy atom. The molecule has 3 aliphatic rings. The van der Waals surface area contributed by atoms with Gasteiger partial charge in [0, 0.05) is 35.1 Å². The minimum absolute atomic E-state index is 0.0694. The highest BCUT2D eigenvalue weighted by Gasteiger charge is 2.40. The maximum absolute atomic E-state index is 6.02. The number of hydrogen-bond donors (Lipinski definition) is 1. The SMILES string of the molecule is Cc1c2c(c(C3(C)CCCN3)c3c1OCC3)OCC2. The van der Waals surface area contributed by atoms with E-state index in [1.165, 1.54) is 40.8 Å². The first-order valence-corrected chi connectivity index (χ1v) is 7.40. The summed E-state index contributed by atoms with van der Waals surface area (Å²) in [5.74, 6) is 2.31. The van der Waals surface area contributed by atoms with Crippen LogP contribution < -0.4 is 14.8 Å². The summed E-state index contributed by atoms with van der Waals surface area (Å²) in [7, 11) is 0. The highest BCUT2D eigenvalue weighted by Crippen LogP contribution is 2.49.